The second-order valence-corrected chi connectivity index (χ2v) is 6.26. The van der Waals surface area contributed by atoms with Crippen molar-refractivity contribution < 1.29 is 9.47 Å². The van der Waals surface area contributed by atoms with Crippen LogP contribution >= 0.6 is 0 Å². The van der Waals surface area contributed by atoms with Gasteiger partial charge in [0, 0.05) is 39.3 Å². The Hall–Kier alpha value is -0.160. The first-order valence-corrected chi connectivity index (χ1v) is 7.28. The number of morpholine rings is 1. The maximum absolute atomic E-state index is 5.91. The summed E-state index contributed by atoms with van der Waals surface area (Å²) in [6.07, 6.45) is 3.23. The third kappa shape index (κ3) is 4.50. The van der Waals surface area contributed by atoms with Crippen LogP contribution < -0.4 is 5.32 Å². The minimum atomic E-state index is -0.00771. The lowest BCUT2D eigenvalue weighted by molar-refractivity contribution is -0.128. The van der Waals surface area contributed by atoms with E-state index in [0.29, 0.717) is 12.2 Å². The lowest BCUT2D eigenvalue weighted by atomic mass is 10.1. The molecule has 2 aliphatic rings. The van der Waals surface area contributed by atoms with Crippen molar-refractivity contribution in [3.05, 3.63) is 0 Å². The summed E-state index contributed by atoms with van der Waals surface area (Å²) < 4.78 is 11.5. The summed E-state index contributed by atoms with van der Waals surface area (Å²) in [5.41, 5.74) is -0.00771. The Morgan fingerprint density at radius 2 is 2.22 bits per heavy atom. The predicted molar refractivity (Wildman–Crippen MR) is 72.9 cm³/mol. The van der Waals surface area contributed by atoms with Gasteiger partial charge in [-0.15, -0.1) is 0 Å². The normalized spacial score (nSPS) is 32.8. The number of nitrogens with one attached hydrogen (secondary N) is 1. The lowest BCUT2D eigenvalue weighted by Crippen LogP contribution is -2.53. The van der Waals surface area contributed by atoms with E-state index in [0.717, 1.165) is 39.3 Å². The third-order valence-corrected chi connectivity index (χ3v) is 3.64. The minimum absolute atomic E-state index is 0.00771. The largest absolute Gasteiger partial charge is 0.377 e. The molecule has 2 unspecified atom stereocenters. The van der Waals surface area contributed by atoms with Gasteiger partial charge in [0.2, 0.25) is 0 Å². The molecule has 0 aromatic heterocycles. The molecule has 0 spiro atoms. The smallest absolute Gasteiger partial charge is 0.0757 e. The quantitative estimate of drug-likeness (QED) is 0.751. The Kier molecular flexibility index (Phi) is 5.01. The Morgan fingerprint density at radius 3 is 2.89 bits per heavy atom. The van der Waals surface area contributed by atoms with Crippen molar-refractivity contribution in [2.24, 2.45) is 0 Å². The monoisotopic (exact) mass is 256 g/mol. The van der Waals surface area contributed by atoms with Crippen molar-refractivity contribution in [2.45, 2.75) is 51.4 Å². The highest BCUT2D eigenvalue weighted by atomic mass is 16.5. The minimum Gasteiger partial charge on any atom is -0.377 e. The average Bonchev–Trinajstić information content (AvgIpc) is 2.74. The van der Waals surface area contributed by atoms with E-state index >= 15 is 0 Å². The van der Waals surface area contributed by atoms with Gasteiger partial charge in [-0.2, -0.15) is 0 Å². The Balaban J connectivity index is 1.60. The molecule has 1 N–H and O–H groups in total. The van der Waals surface area contributed by atoms with Gasteiger partial charge >= 0.3 is 0 Å². The predicted octanol–water partition coefficient (Wildman–Crippen LogP) is 1.25. The highest BCUT2D eigenvalue weighted by molar-refractivity contribution is 4.82. The highest BCUT2D eigenvalue weighted by Crippen LogP contribution is 2.20. The van der Waals surface area contributed by atoms with E-state index in [-0.39, 0.29) is 5.60 Å². The van der Waals surface area contributed by atoms with Gasteiger partial charge in [0.15, 0.2) is 0 Å². The molecule has 0 radical (unpaired) electrons. The van der Waals surface area contributed by atoms with E-state index in [9.17, 15) is 0 Å². The molecule has 4 heteroatoms. The number of nitrogens with zero attached hydrogens (tertiary/aromatic N) is 1. The van der Waals surface area contributed by atoms with Gasteiger partial charge in [0.25, 0.3) is 0 Å². The zero-order chi connectivity index (χ0) is 13.0. The molecule has 4 nitrogen and oxygen atoms in total. The van der Waals surface area contributed by atoms with Crippen molar-refractivity contribution in [3.8, 4) is 0 Å². The Labute approximate surface area is 111 Å². The van der Waals surface area contributed by atoms with Crippen LogP contribution in [0.3, 0.4) is 0 Å². The number of hydrogen-bond donors (Lipinski definition) is 1. The molecule has 0 aromatic carbocycles. The molecule has 0 bridgehead atoms. The van der Waals surface area contributed by atoms with Crippen molar-refractivity contribution in [3.63, 3.8) is 0 Å². The van der Waals surface area contributed by atoms with Crippen LogP contribution in [0, 0.1) is 0 Å². The molecular weight excluding hydrogens is 228 g/mol. The van der Waals surface area contributed by atoms with Gasteiger partial charge in [-0.25, -0.2) is 0 Å². The van der Waals surface area contributed by atoms with E-state index < -0.39 is 0 Å². The number of hydrogen-bond acceptors (Lipinski definition) is 4. The van der Waals surface area contributed by atoms with Crippen LogP contribution in [0.5, 0.6) is 0 Å². The van der Waals surface area contributed by atoms with E-state index in [1.54, 1.807) is 0 Å². The maximum Gasteiger partial charge on any atom is 0.0757 e. The van der Waals surface area contributed by atoms with Crippen LogP contribution in [-0.2, 0) is 9.47 Å². The molecule has 0 saturated carbocycles. The number of rotatable bonds is 5. The second kappa shape index (κ2) is 6.33. The summed E-state index contributed by atoms with van der Waals surface area (Å²) in [4.78, 5) is 2.50. The summed E-state index contributed by atoms with van der Waals surface area (Å²) in [7, 11) is 0. The van der Waals surface area contributed by atoms with Gasteiger partial charge in [-0.1, -0.05) is 0 Å². The van der Waals surface area contributed by atoms with Crippen molar-refractivity contribution >= 4 is 0 Å². The van der Waals surface area contributed by atoms with Gasteiger partial charge in [0.05, 0.1) is 17.8 Å². The van der Waals surface area contributed by atoms with Crippen LogP contribution in [0.2, 0.25) is 0 Å². The zero-order valence-electron chi connectivity index (χ0n) is 12.1. The van der Waals surface area contributed by atoms with Gasteiger partial charge in [-0.05, 0) is 33.6 Å². The van der Waals surface area contributed by atoms with Crippen molar-refractivity contribution in [1.29, 1.82) is 0 Å². The lowest BCUT2D eigenvalue weighted by Gasteiger charge is -2.41. The summed E-state index contributed by atoms with van der Waals surface area (Å²) in [5, 5.41) is 3.51. The number of ether oxygens (including phenoxy) is 2. The third-order valence-electron chi connectivity index (χ3n) is 3.64. The summed E-state index contributed by atoms with van der Waals surface area (Å²) in [6.45, 7) is 12.7. The molecule has 2 atom stereocenters. The first-order chi connectivity index (χ1) is 8.55. The Morgan fingerprint density at radius 1 is 1.39 bits per heavy atom. The fourth-order valence-electron chi connectivity index (χ4n) is 3.06. The van der Waals surface area contributed by atoms with E-state index in [1.165, 1.54) is 12.8 Å². The van der Waals surface area contributed by atoms with Crippen LogP contribution in [0.4, 0.5) is 0 Å². The molecule has 106 valence electrons. The molecule has 18 heavy (non-hydrogen) atoms. The van der Waals surface area contributed by atoms with Crippen LogP contribution in [0.1, 0.15) is 33.6 Å². The van der Waals surface area contributed by atoms with E-state index in [2.05, 4.69) is 31.0 Å². The van der Waals surface area contributed by atoms with Gasteiger partial charge in [-0.3, -0.25) is 4.90 Å². The Bertz CT molecular complexity index is 252. The van der Waals surface area contributed by atoms with E-state index in [4.69, 9.17) is 9.47 Å². The van der Waals surface area contributed by atoms with Gasteiger partial charge < -0.3 is 14.8 Å². The summed E-state index contributed by atoms with van der Waals surface area (Å²) in [5.74, 6) is 0. The molecule has 0 aromatic rings. The van der Waals surface area contributed by atoms with Gasteiger partial charge in [0.1, 0.15) is 0 Å². The first-order valence-electron chi connectivity index (χ1n) is 7.28. The first kappa shape index (κ1) is 14.3. The SMILES string of the molecule is CC1CN(CCNCC2CCCO2)CC(C)(C)O1. The van der Waals surface area contributed by atoms with Crippen LogP contribution in [-0.4, -0.2) is 62.0 Å². The summed E-state index contributed by atoms with van der Waals surface area (Å²) in [6, 6.07) is 0. The standard InChI is InChI=1S/C14H28N2O2/c1-12-10-16(11-14(2,3)18-12)7-6-15-9-13-5-4-8-17-13/h12-13,15H,4-11H2,1-3H3. The van der Waals surface area contributed by atoms with Crippen LogP contribution in [0.15, 0.2) is 0 Å². The molecule has 2 rings (SSSR count). The molecule has 2 aliphatic heterocycles. The molecule has 2 heterocycles. The maximum atomic E-state index is 5.91. The fourth-order valence-corrected chi connectivity index (χ4v) is 3.06. The second-order valence-electron chi connectivity index (χ2n) is 6.26. The molecule has 0 amide bonds. The average molecular weight is 256 g/mol. The summed E-state index contributed by atoms with van der Waals surface area (Å²) >= 11 is 0. The molecule has 2 saturated heterocycles. The van der Waals surface area contributed by atoms with Crippen molar-refractivity contribution in [2.75, 3.05) is 39.3 Å². The molecular formula is C14H28N2O2. The zero-order valence-corrected chi connectivity index (χ0v) is 12.1. The van der Waals surface area contributed by atoms with Crippen LogP contribution in [0.25, 0.3) is 0 Å². The topological polar surface area (TPSA) is 33.7 Å². The molecule has 2 fully saturated rings. The van der Waals surface area contributed by atoms with E-state index in [1.807, 2.05) is 0 Å². The highest BCUT2D eigenvalue weighted by Gasteiger charge is 2.30. The van der Waals surface area contributed by atoms with Crippen molar-refractivity contribution in [1.82, 2.24) is 10.2 Å². The molecule has 0 aliphatic carbocycles. The fraction of sp³-hybridized carbons (Fsp3) is 1.00.